The predicted octanol–water partition coefficient (Wildman–Crippen LogP) is 3.01. The Morgan fingerprint density at radius 3 is 2.88 bits per heavy atom. The van der Waals surface area contributed by atoms with Crippen molar-refractivity contribution in [1.82, 2.24) is 14.9 Å². The van der Waals surface area contributed by atoms with Gasteiger partial charge in [0.15, 0.2) is 0 Å². The van der Waals surface area contributed by atoms with Crippen molar-refractivity contribution >= 4 is 45.7 Å². The first-order chi connectivity index (χ1) is 11.6. The molecular formula is C18H18N4OS. The van der Waals surface area contributed by atoms with E-state index < -0.39 is 0 Å². The second-order valence-electron chi connectivity index (χ2n) is 5.55. The van der Waals surface area contributed by atoms with Crippen molar-refractivity contribution in [2.24, 2.45) is 4.99 Å². The summed E-state index contributed by atoms with van der Waals surface area (Å²) in [5.74, 6) is 0.462. The summed E-state index contributed by atoms with van der Waals surface area (Å²) in [6.45, 7) is 0. The lowest BCUT2D eigenvalue weighted by atomic mass is 10.1. The maximum atomic E-state index is 11.9. The first-order valence-electron chi connectivity index (χ1n) is 7.53. The van der Waals surface area contributed by atoms with Gasteiger partial charge in [0, 0.05) is 49.2 Å². The Hall–Kier alpha value is -2.47. The molecule has 2 aromatic heterocycles. The molecule has 0 aliphatic rings. The molecule has 0 atom stereocenters. The molecule has 0 aliphatic carbocycles. The van der Waals surface area contributed by atoms with Crippen LogP contribution in [0.25, 0.3) is 21.8 Å². The molecule has 0 N–H and O–H groups in total. The Labute approximate surface area is 144 Å². The first-order valence-corrected chi connectivity index (χ1v) is 8.52. The lowest BCUT2D eigenvalue weighted by Crippen LogP contribution is -2.23. The summed E-state index contributed by atoms with van der Waals surface area (Å²) in [5, 5.41) is 2.05. The van der Waals surface area contributed by atoms with Crippen molar-refractivity contribution in [3.8, 4) is 0 Å². The number of rotatable bonds is 4. The Morgan fingerprint density at radius 1 is 1.29 bits per heavy atom. The van der Waals surface area contributed by atoms with Crippen LogP contribution in [0.4, 0.5) is 0 Å². The molecule has 0 fully saturated rings. The van der Waals surface area contributed by atoms with Gasteiger partial charge in [0.1, 0.15) is 0 Å². The van der Waals surface area contributed by atoms with Gasteiger partial charge in [-0.1, -0.05) is 18.2 Å². The van der Waals surface area contributed by atoms with Crippen LogP contribution in [0.5, 0.6) is 0 Å². The Kier molecular flexibility index (Phi) is 4.76. The standard InChI is InChI=1S/C18H18N4OS/c1-19-10-13-9-15(24-11-16(23)22(2)3)14-7-6-12-5-4-8-20-17(12)18(14)21-13/h4-10H,11H2,1-3H3. The van der Waals surface area contributed by atoms with Crippen LogP contribution in [0.15, 0.2) is 46.4 Å². The highest BCUT2D eigenvalue weighted by molar-refractivity contribution is 8.00. The fourth-order valence-electron chi connectivity index (χ4n) is 2.40. The van der Waals surface area contributed by atoms with E-state index >= 15 is 0 Å². The summed E-state index contributed by atoms with van der Waals surface area (Å²) < 4.78 is 0. The zero-order chi connectivity index (χ0) is 17.1. The smallest absolute Gasteiger partial charge is 0.232 e. The van der Waals surface area contributed by atoms with Gasteiger partial charge in [-0.15, -0.1) is 11.8 Å². The predicted molar refractivity (Wildman–Crippen MR) is 100.0 cm³/mol. The molecule has 24 heavy (non-hydrogen) atoms. The number of amides is 1. The molecule has 0 saturated heterocycles. The van der Waals surface area contributed by atoms with Crippen LogP contribution in [-0.2, 0) is 4.79 Å². The van der Waals surface area contributed by atoms with Crippen molar-refractivity contribution < 1.29 is 4.79 Å². The van der Waals surface area contributed by atoms with Crippen LogP contribution >= 0.6 is 11.8 Å². The Bertz CT molecular complexity index is 937. The number of aliphatic imine (C=N–C) groups is 1. The summed E-state index contributed by atoms with van der Waals surface area (Å²) in [6, 6.07) is 9.99. The van der Waals surface area contributed by atoms with Crippen LogP contribution < -0.4 is 0 Å². The number of carbonyl (C=O) groups excluding carboxylic acids is 1. The topological polar surface area (TPSA) is 58.5 Å². The maximum Gasteiger partial charge on any atom is 0.232 e. The SMILES string of the molecule is CN=Cc1cc(SCC(=O)N(C)C)c2ccc3cccnc3c2n1. The minimum Gasteiger partial charge on any atom is -0.348 e. The summed E-state index contributed by atoms with van der Waals surface area (Å²) in [5.41, 5.74) is 2.47. The molecule has 3 aromatic rings. The van der Waals surface area contributed by atoms with Crippen LogP contribution in [0.3, 0.4) is 0 Å². The molecule has 0 radical (unpaired) electrons. The molecular weight excluding hydrogens is 320 g/mol. The molecule has 0 saturated carbocycles. The quantitative estimate of drug-likeness (QED) is 0.417. The molecule has 0 spiro atoms. The van der Waals surface area contributed by atoms with Gasteiger partial charge in [-0.25, -0.2) is 4.98 Å². The number of thioether (sulfide) groups is 1. The zero-order valence-corrected chi connectivity index (χ0v) is 14.7. The number of benzene rings is 1. The first kappa shape index (κ1) is 16.4. The average Bonchev–Trinajstić information content (AvgIpc) is 2.59. The zero-order valence-electron chi connectivity index (χ0n) is 13.9. The Balaban J connectivity index is 2.16. The van der Waals surface area contributed by atoms with Gasteiger partial charge in [-0.05, 0) is 12.1 Å². The highest BCUT2D eigenvalue weighted by Gasteiger charge is 2.12. The molecule has 1 aromatic carbocycles. The van der Waals surface area contributed by atoms with Crippen molar-refractivity contribution in [2.75, 3.05) is 26.9 Å². The molecule has 122 valence electrons. The highest BCUT2D eigenvalue weighted by atomic mass is 32.2. The average molecular weight is 338 g/mol. The van der Waals surface area contributed by atoms with Gasteiger partial charge in [-0.3, -0.25) is 14.8 Å². The number of fused-ring (bicyclic) bond motifs is 3. The molecule has 0 bridgehead atoms. The Morgan fingerprint density at radius 2 is 2.12 bits per heavy atom. The van der Waals surface area contributed by atoms with Gasteiger partial charge in [0.25, 0.3) is 0 Å². The highest BCUT2D eigenvalue weighted by Crippen LogP contribution is 2.31. The monoisotopic (exact) mass is 338 g/mol. The molecule has 0 unspecified atom stereocenters. The number of nitrogens with zero attached hydrogens (tertiary/aromatic N) is 4. The third-order valence-electron chi connectivity index (χ3n) is 3.64. The minimum absolute atomic E-state index is 0.0783. The lowest BCUT2D eigenvalue weighted by Gasteiger charge is -2.12. The lowest BCUT2D eigenvalue weighted by molar-refractivity contribution is -0.125. The van der Waals surface area contributed by atoms with Crippen molar-refractivity contribution in [3.63, 3.8) is 0 Å². The third-order valence-corrected chi connectivity index (χ3v) is 4.68. The van der Waals surface area contributed by atoms with E-state index in [0.717, 1.165) is 32.4 Å². The van der Waals surface area contributed by atoms with E-state index in [9.17, 15) is 4.79 Å². The summed E-state index contributed by atoms with van der Waals surface area (Å²) in [6.07, 6.45) is 3.49. The van der Waals surface area contributed by atoms with Crippen molar-refractivity contribution in [3.05, 3.63) is 42.2 Å². The number of pyridine rings is 2. The fraction of sp³-hybridized carbons (Fsp3) is 0.222. The van der Waals surface area contributed by atoms with Crippen molar-refractivity contribution in [1.29, 1.82) is 0 Å². The minimum atomic E-state index is 0.0783. The second kappa shape index (κ2) is 6.97. The van der Waals surface area contributed by atoms with Gasteiger partial charge in [-0.2, -0.15) is 0 Å². The maximum absolute atomic E-state index is 11.9. The second-order valence-corrected chi connectivity index (χ2v) is 6.56. The molecule has 5 nitrogen and oxygen atoms in total. The van der Waals surface area contributed by atoms with Gasteiger partial charge >= 0.3 is 0 Å². The molecule has 1 amide bonds. The van der Waals surface area contributed by atoms with Crippen LogP contribution in [0, 0.1) is 0 Å². The van der Waals surface area contributed by atoms with Crippen LogP contribution in [-0.4, -0.2) is 53.9 Å². The van der Waals surface area contributed by atoms with Crippen LogP contribution in [0.2, 0.25) is 0 Å². The van der Waals surface area contributed by atoms with E-state index in [1.807, 2.05) is 30.3 Å². The summed E-state index contributed by atoms with van der Waals surface area (Å²) in [4.78, 5) is 27.8. The van der Waals surface area contributed by atoms with E-state index in [4.69, 9.17) is 4.98 Å². The van der Waals surface area contributed by atoms with E-state index in [0.29, 0.717) is 5.75 Å². The number of aromatic nitrogens is 2. The van der Waals surface area contributed by atoms with Crippen molar-refractivity contribution in [2.45, 2.75) is 4.90 Å². The van der Waals surface area contributed by atoms with E-state index in [1.165, 1.54) is 11.8 Å². The fourth-order valence-corrected chi connectivity index (χ4v) is 3.46. The number of hydrogen-bond acceptors (Lipinski definition) is 5. The molecule has 2 heterocycles. The number of carbonyl (C=O) groups is 1. The van der Waals surface area contributed by atoms with Gasteiger partial charge in [0.05, 0.1) is 22.5 Å². The normalized spacial score (nSPS) is 11.5. The van der Waals surface area contributed by atoms with E-state index in [2.05, 4.69) is 9.98 Å². The van der Waals surface area contributed by atoms with E-state index in [1.54, 1.807) is 38.5 Å². The summed E-state index contributed by atoms with van der Waals surface area (Å²) in [7, 11) is 5.25. The van der Waals surface area contributed by atoms with Crippen LogP contribution in [0.1, 0.15) is 5.69 Å². The molecule has 3 rings (SSSR count). The largest absolute Gasteiger partial charge is 0.348 e. The number of hydrogen-bond donors (Lipinski definition) is 0. The van der Waals surface area contributed by atoms with E-state index in [-0.39, 0.29) is 5.91 Å². The van der Waals surface area contributed by atoms with Gasteiger partial charge < -0.3 is 4.90 Å². The van der Waals surface area contributed by atoms with Gasteiger partial charge in [0.2, 0.25) is 5.91 Å². The third kappa shape index (κ3) is 3.23. The summed E-state index contributed by atoms with van der Waals surface area (Å²) >= 11 is 1.51. The molecule has 6 heteroatoms. The molecule has 0 aliphatic heterocycles.